The Kier molecular flexibility index (Phi) is 5.15. The molecule has 0 aliphatic heterocycles. The molecule has 1 aromatic heterocycles. The summed E-state index contributed by atoms with van der Waals surface area (Å²) in [5.41, 5.74) is 1.02. The van der Waals surface area contributed by atoms with Crippen LogP contribution < -0.4 is 5.32 Å². The second-order valence-electron chi connectivity index (χ2n) is 6.55. The van der Waals surface area contributed by atoms with Gasteiger partial charge in [0.25, 0.3) is 11.8 Å². The molecule has 0 spiro atoms. The number of aromatic nitrogens is 2. The first-order valence-electron chi connectivity index (χ1n) is 7.68. The van der Waals surface area contributed by atoms with E-state index >= 15 is 0 Å². The Labute approximate surface area is 136 Å². The highest BCUT2D eigenvalue weighted by Gasteiger charge is 2.24. The van der Waals surface area contributed by atoms with Crippen LogP contribution in [0.1, 0.15) is 37.0 Å². The van der Waals surface area contributed by atoms with Gasteiger partial charge in [0, 0.05) is 25.6 Å². The molecule has 2 aromatic rings. The zero-order valence-corrected chi connectivity index (χ0v) is 14.4. The molecule has 1 N–H and O–H groups in total. The highest BCUT2D eigenvalue weighted by Crippen LogP contribution is 2.26. The SMILES string of the molecule is CNCCN(C)C(=O)c1ccccc1-c1nc(C(C)(C)C)no1. The van der Waals surface area contributed by atoms with E-state index in [0.717, 1.165) is 6.54 Å². The van der Waals surface area contributed by atoms with Gasteiger partial charge in [0.1, 0.15) is 0 Å². The Morgan fingerprint density at radius 3 is 2.61 bits per heavy atom. The van der Waals surface area contributed by atoms with Gasteiger partial charge in [-0.05, 0) is 19.2 Å². The van der Waals surface area contributed by atoms with Gasteiger partial charge < -0.3 is 14.7 Å². The van der Waals surface area contributed by atoms with Crippen LogP contribution in [0.2, 0.25) is 0 Å². The van der Waals surface area contributed by atoms with Crippen LogP contribution >= 0.6 is 0 Å². The molecular weight excluding hydrogens is 292 g/mol. The lowest BCUT2D eigenvalue weighted by Gasteiger charge is -2.18. The Balaban J connectivity index is 2.34. The normalized spacial score (nSPS) is 11.5. The van der Waals surface area contributed by atoms with Crippen LogP contribution in [0.25, 0.3) is 11.5 Å². The van der Waals surface area contributed by atoms with Gasteiger partial charge in [-0.15, -0.1) is 0 Å². The number of carbonyl (C=O) groups excluding carboxylic acids is 1. The summed E-state index contributed by atoms with van der Waals surface area (Å²) in [4.78, 5) is 18.8. The summed E-state index contributed by atoms with van der Waals surface area (Å²) >= 11 is 0. The number of rotatable bonds is 5. The van der Waals surface area contributed by atoms with Crippen molar-refractivity contribution in [3.63, 3.8) is 0 Å². The largest absolute Gasteiger partial charge is 0.340 e. The molecule has 6 heteroatoms. The van der Waals surface area contributed by atoms with Gasteiger partial charge in [-0.1, -0.05) is 38.1 Å². The van der Waals surface area contributed by atoms with Crippen LogP contribution in [0.3, 0.4) is 0 Å². The summed E-state index contributed by atoms with van der Waals surface area (Å²) in [7, 11) is 3.64. The van der Waals surface area contributed by atoms with Crippen molar-refractivity contribution in [3.05, 3.63) is 35.7 Å². The standard InChI is InChI=1S/C17H24N4O2/c1-17(2,3)16-19-14(23-20-16)12-8-6-7-9-13(12)15(22)21(5)11-10-18-4/h6-9,18H,10-11H2,1-5H3. The number of nitrogens with zero attached hydrogens (tertiary/aromatic N) is 3. The molecule has 0 saturated carbocycles. The minimum atomic E-state index is -0.204. The predicted molar refractivity (Wildman–Crippen MR) is 89.3 cm³/mol. The summed E-state index contributed by atoms with van der Waals surface area (Å²) in [6.07, 6.45) is 0. The molecular formula is C17H24N4O2. The molecule has 0 saturated heterocycles. The van der Waals surface area contributed by atoms with E-state index in [1.807, 2.05) is 46.0 Å². The van der Waals surface area contributed by atoms with Crippen LogP contribution in [-0.2, 0) is 5.41 Å². The molecule has 0 radical (unpaired) electrons. The highest BCUT2D eigenvalue weighted by atomic mass is 16.5. The molecule has 0 bridgehead atoms. The lowest BCUT2D eigenvalue weighted by molar-refractivity contribution is 0.0797. The average molecular weight is 316 g/mol. The topological polar surface area (TPSA) is 71.3 Å². The lowest BCUT2D eigenvalue weighted by atomic mass is 9.96. The van der Waals surface area contributed by atoms with Crippen molar-refractivity contribution in [1.29, 1.82) is 0 Å². The minimum absolute atomic E-state index is 0.0636. The van der Waals surface area contributed by atoms with Crippen molar-refractivity contribution < 1.29 is 9.32 Å². The summed E-state index contributed by atoms with van der Waals surface area (Å²) in [5.74, 6) is 0.936. The third-order valence-corrected chi connectivity index (χ3v) is 3.53. The maximum absolute atomic E-state index is 12.7. The molecule has 1 heterocycles. The van der Waals surface area contributed by atoms with Crippen LogP contribution in [-0.4, -0.2) is 48.1 Å². The Morgan fingerprint density at radius 2 is 2.00 bits per heavy atom. The van der Waals surface area contributed by atoms with Crippen molar-refractivity contribution >= 4 is 5.91 Å². The maximum atomic E-state index is 12.7. The van der Waals surface area contributed by atoms with Crippen LogP contribution in [0.15, 0.2) is 28.8 Å². The fourth-order valence-electron chi connectivity index (χ4n) is 2.08. The van der Waals surface area contributed by atoms with Gasteiger partial charge in [-0.2, -0.15) is 4.98 Å². The van der Waals surface area contributed by atoms with Crippen molar-refractivity contribution in [2.24, 2.45) is 0 Å². The number of hydrogen-bond acceptors (Lipinski definition) is 5. The highest BCUT2D eigenvalue weighted by molar-refractivity contribution is 5.99. The molecule has 2 rings (SSSR count). The first kappa shape index (κ1) is 17.1. The van der Waals surface area contributed by atoms with Gasteiger partial charge in [-0.3, -0.25) is 4.79 Å². The Bertz CT molecular complexity index is 673. The molecule has 124 valence electrons. The third-order valence-electron chi connectivity index (χ3n) is 3.53. The maximum Gasteiger partial charge on any atom is 0.258 e. The summed E-state index contributed by atoms with van der Waals surface area (Å²) in [6, 6.07) is 7.32. The molecule has 1 aromatic carbocycles. The second-order valence-corrected chi connectivity index (χ2v) is 6.55. The molecule has 6 nitrogen and oxygen atoms in total. The lowest BCUT2D eigenvalue weighted by Crippen LogP contribution is -2.33. The van der Waals surface area contributed by atoms with Crippen molar-refractivity contribution in [2.75, 3.05) is 27.2 Å². The van der Waals surface area contributed by atoms with Crippen LogP contribution in [0.5, 0.6) is 0 Å². The number of hydrogen-bond donors (Lipinski definition) is 1. The van der Waals surface area contributed by atoms with E-state index in [1.165, 1.54) is 0 Å². The fourth-order valence-corrected chi connectivity index (χ4v) is 2.08. The van der Waals surface area contributed by atoms with Crippen LogP contribution in [0, 0.1) is 0 Å². The van der Waals surface area contributed by atoms with E-state index in [2.05, 4.69) is 15.5 Å². The molecule has 0 unspecified atom stereocenters. The van der Waals surface area contributed by atoms with E-state index < -0.39 is 0 Å². The molecule has 0 fully saturated rings. The van der Waals surface area contributed by atoms with Gasteiger partial charge in [0.2, 0.25) is 0 Å². The predicted octanol–water partition coefficient (Wildman–Crippen LogP) is 2.33. The molecule has 23 heavy (non-hydrogen) atoms. The number of nitrogens with one attached hydrogen (secondary N) is 1. The van der Waals surface area contributed by atoms with Crippen molar-refractivity contribution in [2.45, 2.75) is 26.2 Å². The second kappa shape index (κ2) is 6.91. The monoisotopic (exact) mass is 316 g/mol. The van der Waals surface area contributed by atoms with Gasteiger partial charge >= 0.3 is 0 Å². The summed E-state index contributed by atoms with van der Waals surface area (Å²) in [5, 5.41) is 7.07. The van der Waals surface area contributed by atoms with E-state index in [9.17, 15) is 4.79 Å². The smallest absolute Gasteiger partial charge is 0.258 e. The Morgan fingerprint density at radius 1 is 1.30 bits per heavy atom. The minimum Gasteiger partial charge on any atom is -0.340 e. The van der Waals surface area contributed by atoms with E-state index in [0.29, 0.717) is 29.4 Å². The zero-order valence-electron chi connectivity index (χ0n) is 14.4. The van der Waals surface area contributed by atoms with Crippen LogP contribution in [0.4, 0.5) is 0 Å². The summed E-state index contributed by atoms with van der Waals surface area (Å²) < 4.78 is 5.38. The summed E-state index contributed by atoms with van der Waals surface area (Å²) in [6.45, 7) is 7.42. The number of benzene rings is 1. The van der Waals surface area contributed by atoms with E-state index in [4.69, 9.17) is 4.52 Å². The molecule has 1 amide bonds. The molecule has 0 aliphatic carbocycles. The first-order valence-corrected chi connectivity index (χ1v) is 7.68. The molecule has 0 atom stereocenters. The quantitative estimate of drug-likeness (QED) is 0.916. The fraction of sp³-hybridized carbons (Fsp3) is 0.471. The third kappa shape index (κ3) is 3.96. The van der Waals surface area contributed by atoms with Gasteiger partial charge in [0.15, 0.2) is 5.82 Å². The Hall–Kier alpha value is -2.21. The van der Waals surface area contributed by atoms with E-state index in [-0.39, 0.29) is 11.3 Å². The zero-order chi connectivity index (χ0) is 17.0. The van der Waals surface area contributed by atoms with E-state index in [1.54, 1.807) is 18.0 Å². The first-order chi connectivity index (χ1) is 10.8. The van der Waals surface area contributed by atoms with Crippen molar-refractivity contribution in [1.82, 2.24) is 20.4 Å². The number of likely N-dealkylation sites (N-methyl/N-ethyl adjacent to an activating group) is 2. The van der Waals surface area contributed by atoms with Crippen molar-refractivity contribution in [3.8, 4) is 11.5 Å². The van der Waals surface area contributed by atoms with Gasteiger partial charge in [-0.25, -0.2) is 0 Å². The number of carbonyl (C=O) groups is 1. The van der Waals surface area contributed by atoms with Gasteiger partial charge in [0.05, 0.1) is 11.1 Å². The number of amides is 1. The average Bonchev–Trinajstić information content (AvgIpc) is 3.02. The molecule has 0 aliphatic rings.